The number of nitrogens with zero attached hydrogens (tertiary/aromatic N) is 1. The molecule has 0 spiro atoms. The van der Waals surface area contributed by atoms with Gasteiger partial charge in [-0.15, -0.1) is 0 Å². The Morgan fingerprint density at radius 3 is 2.28 bits per heavy atom. The highest BCUT2D eigenvalue weighted by molar-refractivity contribution is 7.61. The van der Waals surface area contributed by atoms with E-state index in [1.165, 1.54) is 18.2 Å². The number of hydrogen-bond donors (Lipinski definition) is 3. The first kappa shape index (κ1) is 27.5. The zero-order valence-electron chi connectivity index (χ0n) is 20.6. The van der Waals surface area contributed by atoms with E-state index in [1.807, 2.05) is 51.1 Å². The molecule has 1 aromatic heterocycles. The molecule has 0 aliphatic heterocycles. The molecule has 0 saturated heterocycles. The van der Waals surface area contributed by atoms with Gasteiger partial charge in [0.15, 0.2) is 0 Å². The highest BCUT2D eigenvalue weighted by atomic mass is 31.2. The monoisotopic (exact) mass is 511 g/mol. The molecule has 3 aromatic rings. The number of halogens is 1. The van der Waals surface area contributed by atoms with E-state index >= 15 is 0 Å². The van der Waals surface area contributed by atoms with Crippen molar-refractivity contribution < 1.29 is 28.9 Å². The number of carboxylic acids is 1. The average molecular weight is 512 g/mol. The van der Waals surface area contributed by atoms with Crippen LogP contribution in [0.5, 0.6) is 0 Å². The Morgan fingerprint density at radius 1 is 1.08 bits per heavy atom. The Kier molecular flexibility index (Phi) is 8.96. The van der Waals surface area contributed by atoms with E-state index in [4.69, 9.17) is 10.1 Å². The first-order valence-electron chi connectivity index (χ1n) is 11.8. The van der Waals surface area contributed by atoms with E-state index in [0.717, 1.165) is 33.8 Å². The molecule has 1 heterocycles. The number of carboxylic acid groups (broad SMARTS) is 1. The van der Waals surface area contributed by atoms with Gasteiger partial charge in [-0.25, -0.2) is 4.39 Å². The number of rotatable bonds is 10. The van der Waals surface area contributed by atoms with Crippen LogP contribution in [0.2, 0.25) is 0 Å². The van der Waals surface area contributed by atoms with Crippen LogP contribution < -0.4 is 0 Å². The zero-order chi connectivity index (χ0) is 26.5. The van der Waals surface area contributed by atoms with E-state index in [0.29, 0.717) is 17.7 Å². The maximum absolute atomic E-state index is 13.8. The lowest BCUT2D eigenvalue weighted by atomic mass is 9.87. The van der Waals surface area contributed by atoms with Gasteiger partial charge >= 0.3 is 5.97 Å². The van der Waals surface area contributed by atoms with Crippen LogP contribution in [0, 0.1) is 5.82 Å². The van der Waals surface area contributed by atoms with Crippen molar-refractivity contribution >= 4 is 19.4 Å². The molecule has 2 aromatic carbocycles. The van der Waals surface area contributed by atoms with Crippen LogP contribution in [0.3, 0.4) is 0 Å². The SMILES string of the molecule is CCc1c(-c2ccccc2)nc(C(C)C)c(/C=C/P(=O)(O)C[C@H](O)CC(=O)O)c1-c1ccc(F)cc1. The summed E-state index contributed by atoms with van der Waals surface area (Å²) >= 11 is 0. The summed E-state index contributed by atoms with van der Waals surface area (Å²) < 4.78 is 26.6. The second kappa shape index (κ2) is 11.7. The van der Waals surface area contributed by atoms with Gasteiger partial charge in [0.05, 0.1) is 30.1 Å². The lowest BCUT2D eigenvalue weighted by molar-refractivity contribution is -0.138. The van der Waals surface area contributed by atoms with Crippen LogP contribution in [0.15, 0.2) is 60.4 Å². The van der Waals surface area contributed by atoms with E-state index < -0.39 is 32.0 Å². The Labute approximate surface area is 210 Å². The molecule has 36 heavy (non-hydrogen) atoms. The molecule has 1 unspecified atom stereocenters. The maximum atomic E-state index is 13.8. The standard InChI is InChI=1S/C28H31FNO5P/c1-4-23-26(19-10-12-21(29)13-11-19)24(14-15-36(34,35)17-22(31)16-25(32)33)27(18(2)3)30-28(23)20-8-6-5-7-9-20/h5-15,18,22,31H,4,16-17H2,1-3H3,(H,32,33)(H,34,35)/b15-14+/t22-/m1/s1. The van der Waals surface area contributed by atoms with E-state index in [-0.39, 0.29) is 11.7 Å². The molecule has 0 amide bonds. The molecule has 0 radical (unpaired) electrons. The summed E-state index contributed by atoms with van der Waals surface area (Å²) in [6.07, 6.45) is -0.507. The third-order valence-corrected chi connectivity index (χ3v) is 7.36. The number of carbonyl (C=O) groups is 1. The molecular weight excluding hydrogens is 480 g/mol. The fourth-order valence-corrected chi connectivity index (χ4v) is 5.45. The van der Waals surface area contributed by atoms with Gasteiger partial charge in [0.1, 0.15) is 5.82 Å². The van der Waals surface area contributed by atoms with Crippen LogP contribution in [0.1, 0.15) is 49.9 Å². The predicted octanol–water partition coefficient (Wildman–Crippen LogP) is 6.32. The van der Waals surface area contributed by atoms with E-state index in [9.17, 15) is 23.7 Å². The van der Waals surface area contributed by atoms with Gasteiger partial charge in [0.2, 0.25) is 7.37 Å². The number of aliphatic hydroxyl groups is 1. The number of pyridine rings is 1. The molecule has 0 saturated carbocycles. The summed E-state index contributed by atoms with van der Waals surface area (Å²) in [7, 11) is -4.01. The van der Waals surface area contributed by atoms with Crippen LogP contribution >= 0.6 is 7.37 Å². The summed E-state index contributed by atoms with van der Waals surface area (Å²) in [4.78, 5) is 26.3. The highest BCUT2D eigenvalue weighted by Gasteiger charge is 2.25. The van der Waals surface area contributed by atoms with Crippen LogP contribution in [-0.2, 0) is 15.8 Å². The van der Waals surface area contributed by atoms with Crippen LogP contribution in [-0.4, -0.2) is 38.3 Å². The fraction of sp³-hybridized carbons (Fsp3) is 0.286. The first-order valence-corrected chi connectivity index (χ1v) is 13.7. The Morgan fingerprint density at radius 2 is 1.72 bits per heavy atom. The minimum Gasteiger partial charge on any atom is -0.481 e. The van der Waals surface area contributed by atoms with E-state index in [2.05, 4.69) is 0 Å². The summed E-state index contributed by atoms with van der Waals surface area (Å²) in [5.41, 5.74) is 5.51. The Hall–Kier alpha value is -3.12. The number of aliphatic carboxylic acids is 1. The number of hydrogen-bond acceptors (Lipinski definition) is 4. The zero-order valence-corrected chi connectivity index (χ0v) is 21.5. The fourth-order valence-electron chi connectivity index (χ4n) is 4.21. The van der Waals surface area contributed by atoms with E-state index in [1.54, 1.807) is 12.1 Å². The van der Waals surface area contributed by atoms with Crippen molar-refractivity contribution in [3.8, 4) is 22.4 Å². The third kappa shape index (κ3) is 6.76. The quantitative estimate of drug-likeness (QED) is 0.275. The molecule has 3 N–H and O–H groups in total. The minimum absolute atomic E-state index is 0.0482. The van der Waals surface area contributed by atoms with Gasteiger partial charge in [-0.3, -0.25) is 14.3 Å². The van der Waals surface area contributed by atoms with Crippen molar-refractivity contribution in [2.24, 2.45) is 0 Å². The second-order valence-electron chi connectivity index (χ2n) is 9.00. The summed E-state index contributed by atoms with van der Waals surface area (Å²) in [5, 5.41) is 18.8. The molecule has 8 heteroatoms. The van der Waals surface area contributed by atoms with Gasteiger partial charge in [0.25, 0.3) is 0 Å². The van der Waals surface area contributed by atoms with Crippen molar-refractivity contribution in [2.45, 2.75) is 45.6 Å². The number of benzene rings is 2. The normalized spacial score (nSPS) is 14.2. The molecule has 0 aliphatic carbocycles. The lowest BCUT2D eigenvalue weighted by Gasteiger charge is -2.22. The summed E-state index contributed by atoms with van der Waals surface area (Å²) in [6.45, 7) is 5.95. The predicted molar refractivity (Wildman–Crippen MR) is 141 cm³/mol. The molecule has 3 rings (SSSR count). The van der Waals surface area contributed by atoms with Crippen molar-refractivity contribution in [2.75, 3.05) is 6.16 Å². The minimum atomic E-state index is -4.01. The highest BCUT2D eigenvalue weighted by Crippen LogP contribution is 2.46. The molecule has 6 nitrogen and oxygen atoms in total. The smallest absolute Gasteiger partial charge is 0.305 e. The average Bonchev–Trinajstić information content (AvgIpc) is 2.81. The largest absolute Gasteiger partial charge is 0.481 e. The first-order chi connectivity index (χ1) is 17.0. The molecular formula is C28H31FNO5P. The summed E-state index contributed by atoms with van der Waals surface area (Å²) in [5.74, 6) is -0.536. The maximum Gasteiger partial charge on any atom is 0.305 e. The third-order valence-electron chi connectivity index (χ3n) is 5.80. The van der Waals surface area contributed by atoms with Crippen LogP contribution in [0.25, 0.3) is 28.5 Å². The molecule has 190 valence electrons. The van der Waals surface area contributed by atoms with Gasteiger partial charge in [-0.05, 0) is 47.2 Å². The van der Waals surface area contributed by atoms with Crippen LogP contribution in [0.4, 0.5) is 4.39 Å². The van der Waals surface area contributed by atoms with Gasteiger partial charge < -0.3 is 15.1 Å². The van der Waals surface area contributed by atoms with Gasteiger partial charge in [-0.1, -0.05) is 63.2 Å². The van der Waals surface area contributed by atoms with Crippen molar-refractivity contribution in [3.63, 3.8) is 0 Å². The lowest BCUT2D eigenvalue weighted by Crippen LogP contribution is -2.17. The molecule has 2 atom stereocenters. The molecule has 0 aliphatic rings. The van der Waals surface area contributed by atoms with Crippen molar-refractivity contribution in [1.29, 1.82) is 0 Å². The second-order valence-corrected chi connectivity index (χ2v) is 11.2. The van der Waals surface area contributed by atoms with Gasteiger partial charge in [-0.2, -0.15) is 0 Å². The Bertz CT molecular complexity index is 1290. The van der Waals surface area contributed by atoms with Gasteiger partial charge in [0, 0.05) is 16.9 Å². The topological polar surface area (TPSA) is 108 Å². The van der Waals surface area contributed by atoms with Crippen molar-refractivity contribution in [1.82, 2.24) is 4.98 Å². The number of aliphatic hydroxyl groups excluding tert-OH is 1. The van der Waals surface area contributed by atoms with Crippen molar-refractivity contribution in [3.05, 3.63) is 83.1 Å². The number of aromatic nitrogens is 1. The summed E-state index contributed by atoms with van der Waals surface area (Å²) in [6, 6.07) is 15.8. The Balaban J connectivity index is 2.26. The molecule has 0 fully saturated rings. The molecule has 0 bridgehead atoms.